The lowest BCUT2D eigenvalue weighted by Crippen LogP contribution is -1.95. The van der Waals surface area contributed by atoms with E-state index < -0.39 is 0 Å². The summed E-state index contributed by atoms with van der Waals surface area (Å²) in [6.45, 7) is 3.02. The third kappa shape index (κ3) is 2.82. The van der Waals surface area contributed by atoms with Crippen LogP contribution in [0.4, 0.5) is 0 Å². The van der Waals surface area contributed by atoms with Gasteiger partial charge in [0, 0.05) is 6.61 Å². The van der Waals surface area contributed by atoms with Crippen LogP contribution >= 0.6 is 0 Å². The lowest BCUT2D eigenvalue weighted by atomic mass is 10.2. The van der Waals surface area contributed by atoms with E-state index >= 15 is 0 Å². The van der Waals surface area contributed by atoms with E-state index in [1.54, 1.807) is 24.3 Å². The van der Waals surface area contributed by atoms with Gasteiger partial charge >= 0.3 is 0 Å². The van der Waals surface area contributed by atoms with Crippen LogP contribution in [0.5, 0.6) is 5.75 Å². The molecule has 90 valence electrons. The number of hydrogen-bond donors (Lipinski definition) is 1. The quantitative estimate of drug-likeness (QED) is 0.804. The molecule has 1 aromatic heterocycles. The van der Waals surface area contributed by atoms with Crippen molar-refractivity contribution in [3.8, 4) is 17.2 Å². The fourth-order valence-electron chi connectivity index (χ4n) is 1.38. The SMILES string of the molecule is CCCOCc1noc(-c2ccccc2O)n1. The highest BCUT2D eigenvalue weighted by molar-refractivity contribution is 5.61. The van der Waals surface area contributed by atoms with E-state index in [1.807, 2.05) is 6.92 Å². The molecule has 0 unspecified atom stereocenters. The van der Waals surface area contributed by atoms with E-state index in [1.165, 1.54) is 0 Å². The average molecular weight is 234 g/mol. The van der Waals surface area contributed by atoms with Gasteiger partial charge < -0.3 is 14.4 Å². The second-order valence-electron chi connectivity index (χ2n) is 3.59. The Morgan fingerprint density at radius 1 is 1.35 bits per heavy atom. The fraction of sp³-hybridized carbons (Fsp3) is 0.333. The Balaban J connectivity index is 2.10. The summed E-state index contributed by atoms with van der Waals surface area (Å²) in [7, 11) is 0. The molecule has 0 aliphatic heterocycles. The molecule has 0 saturated heterocycles. The topological polar surface area (TPSA) is 68.4 Å². The minimum atomic E-state index is 0.122. The first-order chi connectivity index (χ1) is 8.31. The third-order valence-electron chi connectivity index (χ3n) is 2.18. The minimum Gasteiger partial charge on any atom is -0.507 e. The zero-order chi connectivity index (χ0) is 12.1. The van der Waals surface area contributed by atoms with Crippen molar-refractivity contribution in [2.24, 2.45) is 0 Å². The number of rotatable bonds is 5. The molecule has 5 nitrogen and oxygen atoms in total. The predicted octanol–water partition coefficient (Wildman–Crippen LogP) is 2.37. The monoisotopic (exact) mass is 234 g/mol. The molecule has 0 bridgehead atoms. The zero-order valence-corrected chi connectivity index (χ0v) is 9.59. The molecule has 0 radical (unpaired) electrons. The van der Waals surface area contributed by atoms with E-state index in [2.05, 4.69) is 10.1 Å². The summed E-state index contributed by atoms with van der Waals surface area (Å²) < 4.78 is 10.4. The molecule has 0 fully saturated rings. The Hall–Kier alpha value is -1.88. The first-order valence-corrected chi connectivity index (χ1v) is 5.50. The molecular formula is C12H14N2O3. The average Bonchev–Trinajstić information content (AvgIpc) is 2.79. The number of phenolic OH excluding ortho intramolecular Hbond substituents is 1. The highest BCUT2D eigenvalue weighted by Crippen LogP contribution is 2.26. The molecule has 1 aromatic carbocycles. The zero-order valence-electron chi connectivity index (χ0n) is 9.59. The van der Waals surface area contributed by atoms with Crippen molar-refractivity contribution in [1.29, 1.82) is 0 Å². The maximum atomic E-state index is 9.63. The lowest BCUT2D eigenvalue weighted by molar-refractivity contribution is 0.114. The van der Waals surface area contributed by atoms with Crippen LogP contribution in [-0.2, 0) is 11.3 Å². The van der Waals surface area contributed by atoms with Gasteiger partial charge in [-0.2, -0.15) is 4.98 Å². The van der Waals surface area contributed by atoms with Gasteiger partial charge in [-0.3, -0.25) is 0 Å². The smallest absolute Gasteiger partial charge is 0.261 e. The van der Waals surface area contributed by atoms with Crippen LogP contribution < -0.4 is 0 Å². The molecule has 0 aliphatic rings. The Bertz CT molecular complexity index is 482. The van der Waals surface area contributed by atoms with Crippen molar-refractivity contribution in [3.63, 3.8) is 0 Å². The van der Waals surface area contributed by atoms with Crippen molar-refractivity contribution in [2.75, 3.05) is 6.61 Å². The number of benzene rings is 1. The minimum absolute atomic E-state index is 0.122. The summed E-state index contributed by atoms with van der Waals surface area (Å²) >= 11 is 0. The van der Waals surface area contributed by atoms with E-state index in [9.17, 15) is 5.11 Å². The number of phenols is 1. The summed E-state index contributed by atoms with van der Waals surface area (Å²) in [5, 5.41) is 13.4. The molecule has 0 atom stereocenters. The van der Waals surface area contributed by atoms with Crippen LogP contribution in [0.2, 0.25) is 0 Å². The van der Waals surface area contributed by atoms with Gasteiger partial charge in [0.1, 0.15) is 12.4 Å². The molecule has 1 N–H and O–H groups in total. The number of hydrogen-bond acceptors (Lipinski definition) is 5. The molecule has 0 aliphatic carbocycles. The van der Waals surface area contributed by atoms with E-state index in [0.717, 1.165) is 6.42 Å². The van der Waals surface area contributed by atoms with Crippen LogP contribution in [0.3, 0.4) is 0 Å². The second-order valence-corrected chi connectivity index (χ2v) is 3.59. The van der Waals surface area contributed by atoms with Crippen molar-refractivity contribution in [1.82, 2.24) is 10.1 Å². The first-order valence-electron chi connectivity index (χ1n) is 5.50. The molecule has 0 amide bonds. The molecule has 1 heterocycles. The summed E-state index contributed by atoms with van der Waals surface area (Å²) in [6, 6.07) is 6.83. The highest BCUT2D eigenvalue weighted by atomic mass is 16.5. The van der Waals surface area contributed by atoms with Crippen molar-refractivity contribution < 1.29 is 14.4 Å². The molecule has 5 heteroatoms. The van der Waals surface area contributed by atoms with Crippen LogP contribution in [-0.4, -0.2) is 21.9 Å². The standard InChI is InChI=1S/C12H14N2O3/c1-2-7-16-8-11-13-12(17-14-11)9-5-3-4-6-10(9)15/h3-6,15H,2,7-8H2,1H3. The predicted molar refractivity (Wildman–Crippen MR) is 61.3 cm³/mol. The molecule has 2 rings (SSSR count). The van der Waals surface area contributed by atoms with Gasteiger partial charge in [0.2, 0.25) is 0 Å². The van der Waals surface area contributed by atoms with Gasteiger partial charge in [0.15, 0.2) is 5.82 Å². The van der Waals surface area contributed by atoms with E-state index in [4.69, 9.17) is 9.26 Å². The Labute approximate surface area is 99.0 Å². The summed E-state index contributed by atoms with van der Waals surface area (Å²) in [5.41, 5.74) is 0.529. The van der Waals surface area contributed by atoms with Crippen molar-refractivity contribution in [3.05, 3.63) is 30.1 Å². The second kappa shape index (κ2) is 5.45. The van der Waals surface area contributed by atoms with Crippen molar-refractivity contribution >= 4 is 0 Å². The Morgan fingerprint density at radius 2 is 2.18 bits per heavy atom. The number of ether oxygens (including phenoxy) is 1. The van der Waals surface area contributed by atoms with E-state index in [-0.39, 0.29) is 5.75 Å². The lowest BCUT2D eigenvalue weighted by Gasteiger charge is -1.97. The number of aromatic nitrogens is 2. The summed E-state index contributed by atoms with van der Waals surface area (Å²) in [5.74, 6) is 0.909. The van der Waals surface area contributed by atoms with Gasteiger partial charge in [-0.25, -0.2) is 0 Å². The molecule has 2 aromatic rings. The van der Waals surface area contributed by atoms with Crippen LogP contribution in [0, 0.1) is 0 Å². The number of aromatic hydroxyl groups is 1. The maximum Gasteiger partial charge on any atom is 0.261 e. The molecular weight excluding hydrogens is 220 g/mol. The maximum absolute atomic E-state index is 9.63. The normalized spacial score (nSPS) is 10.6. The van der Waals surface area contributed by atoms with Crippen LogP contribution in [0.1, 0.15) is 19.2 Å². The van der Waals surface area contributed by atoms with E-state index in [0.29, 0.717) is 30.5 Å². The molecule has 17 heavy (non-hydrogen) atoms. The van der Waals surface area contributed by atoms with Gasteiger partial charge in [-0.15, -0.1) is 0 Å². The molecule has 0 saturated carbocycles. The Morgan fingerprint density at radius 3 is 2.94 bits per heavy atom. The number of nitrogens with zero attached hydrogens (tertiary/aromatic N) is 2. The van der Waals surface area contributed by atoms with Gasteiger partial charge in [0.25, 0.3) is 5.89 Å². The Kier molecular flexibility index (Phi) is 3.72. The summed E-state index contributed by atoms with van der Waals surface area (Å²) in [4.78, 5) is 4.15. The van der Waals surface area contributed by atoms with Gasteiger partial charge in [-0.1, -0.05) is 24.2 Å². The summed E-state index contributed by atoms with van der Waals surface area (Å²) in [6.07, 6.45) is 0.949. The number of para-hydroxylation sites is 1. The third-order valence-corrected chi connectivity index (χ3v) is 2.18. The molecule has 0 spiro atoms. The van der Waals surface area contributed by atoms with Gasteiger partial charge in [0.05, 0.1) is 5.56 Å². The van der Waals surface area contributed by atoms with Crippen LogP contribution in [0.25, 0.3) is 11.5 Å². The largest absolute Gasteiger partial charge is 0.507 e. The van der Waals surface area contributed by atoms with Crippen LogP contribution in [0.15, 0.2) is 28.8 Å². The van der Waals surface area contributed by atoms with Crippen molar-refractivity contribution in [2.45, 2.75) is 20.0 Å². The van der Waals surface area contributed by atoms with Gasteiger partial charge in [-0.05, 0) is 18.6 Å². The fourth-order valence-corrected chi connectivity index (χ4v) is 1.38. The first kappa shape index (κ1) is 11.6. The highest BCUT2D eigenvalue weighted by Gasteiger charge is 2.11.